The summed E-state index contributed by atoms with van der Waals surface area (Å²) in [5.74, 6) is 1.69. The summed E-state index contributed by atoms with van der Waals surface area (Å²) in [6.45, 7) is 1.62. The Hall–Kier alpha value is -0.720. The first-order chi connectivity index (χ1) is 8.97. The van der Waals surface area contributed by atoms with E-state index in [0.29, 0.717) is 5.75 Å². The molecule has 2 rings (SSSR count). The SMILES string of the molecule is CS(=O)(=O)C1CSCCN1CCc1ccc(N)cc1. The van der Waals surface area contributed by atoms with Crippen molar-refractivity contribution in [3.05, 3.63) is 29.8 Å². The van der Waals surface area contributed by atoms with E-state index in [9.17, 15) is 8.42 Å². The zero-order valence-corrected chi connectivity index (χ0v) is 12.7. The summed E-state index contributed by atoms with van der Waals surface area (Å²) in [7, 11) is -3.00. The summed E-state index contributed by atoms with van der Waals surface area (Å²) >= 11 is 1.72. The predicted octanol–water partition coefficient (Wildman–Crippen LogP) is 1.23. The molecule has 0 spiro atoms. The number of hydrogen-bond donors (Lipinski definition) is 1. The third-order valence-electron chi connectivity index (χ3n) is 3.35. The van der Waals surface area contributed by atoms with Crippen LogP contribution >= 0.6 is 11.8 Å². The molecule has 0 amide bonds. The van der Waals surface area contributed by atoms with Crippen molar-refractivity contribution in [2.24, 2.45) is 0 Å². The third kappa shape index (κ3) is 4.12. The van der Waals surface area contributed by atoms with Crippen molar-refractivity contribution in [2.45, 2.75) is 11.8 Å². The van der Waals surface area contributed by atoms with E-state index in [1.54, 1.807) is 11.8 Å². The van der Waals surface area contributed by atoms with E-state index in [0.717, 1.165) is 31.0 Å². The highest BCUT2D eigenvalue weighted by atomic mass is 32.2. The third-order valence-corrected chi connectivity index (χ3v) is 6.04. The van der Waals surface area contributed by atoms with Crippen LogP contribution in [0.5, 0.6) is 0 Å². The van der Waals surface area contributed by atoms with Gasteiger partial charge in [-0.3, -0.25) is 4.90 Å². The van der Waals surface area contributed by atoms with Crippen LogP contribution < -0.4 is 5.73 Å². The number of thioether (sulfide) groups is 1. The molecule has 4 nitrogen and oxygen atoms in total. The quantitative estimate of drug-likeness (QED) is 0.847. The first kappa shape index (κ1) is 14.7. The molecule has 1 aromatic carbocycles. The molecule has 0 aromatic heterocycles. The van der Waals surface area contributed by atoms with Crippen molar-refractivity contribution in [1.29, 1.82) is 0 Å². The number of nitrogens with two attached hydrogens (primary N) is 1. The Balaban J connectivity index is 1.98. The molecule has 1 unspecified atom stereocenters. The van der Waals surface area contributed by atoms with E-state index >= 15 is 0 Å². The molecule has 19 heavy (non-hydrogen) atoms. The van der Waals surface area contributed by atoms with Crippen molar-refractivity contribution in [1.82, 2.24) is 4.90 Å². The summed E-state index contributed by atoms with van der Waals surface area (Å²) in [6.07, 6.45) is 2.19. The van der Waals surface area contributed by atoms with Crippen LogP contribution in [0.1, 0.15) is 5.56 Å². The highest BCUT2D eigenvalue weighted by molar-refractivity contribution is 8.00. The van der Waals surface area contributed by atoms with Gasteiger partial charge in [0.2, 0.25) is 0 Å². The average molecular weight is 300 g/mol. The van der Waals surface area contributed by atoms with Crippen LogP contribution in [0.4, 0.5) is 5.69 Å². The Morgan fingerprint density at radius 3 is 2.68 bits per heavy atom. The molecule has 0 saturated carbocycles. The molecule has 6 heteroatoms. The predicted molar refractivity (Wildman–Crippen MR) is 82.1 cm³/mol. The number of anilines is 1. The molecule has 2 N–H and O–H groups in total. The minimum absolute atomic E-state index is 0.333. The van der Waals surface area contributed by atoms with Gasteiger partial charge in [-0.25, -0.2) is 8.42 Å². The van der Waals surface area contributed by atoms with E-state index in [2.05, 4.69) is 4.90 Å². The maximum absolute atomic E-state index is 11.8. The number of hydrogen-bond acceptors (Lipinski definition) is 5. The second kappa shape index (κ2) is 6.15. The zero-order valence-electron chi connectivity index (χ0n) is 11.1. The number of benzene rings is 1. The minimum Gasteiger partial charge on any atom is -0.399 e. The molecule has 1 fully saturated rings. The van der Waals surface area contributed by atoms with Crippen LogP contribution in [0.15, 0.2) is 24.3 Å². The lowest BCUT2D eigenvalue weighted by Gasteiger charge is -2.33. The second-order valence-corrected chi connectivity index (χ2v) is 8.24. The van der Waals surface area contributed by atoms with Crippen molar-refractivity contribution in [2.75, 3.05) is 36.6 Å². The van der Waals surface area contributed by atoms with E-state index in [-0.39, 0.29) is 5.37 Å². The standard InChI is InChI=1S/C13H20N2O2S2/c1-19(16,17)13-10-18-9-8-15(13)7-6-11-2-4-12(14)5-3-11/h2-5,13H,6-10,14H2,1H3. The summed E-state index contributed by atoms with van der Waals surface area (Å²) < 4.78 is 23.6. The van der Waals surface area contributed by atoms with E-state index in [1.165, 1.54) is 11.8 Å². The first-order valence-electron chi connectivity index (χ1n) is 6.32. The zero-order chi connectivity index (χ0) is 13.9. The molecule has 1 aliphatic rings. The van der Waals surface area contributed by atoms with Crippen LogP contribution in [0.2, 0.25) is 0 Å². The van der Waals surface area contributed by atoms with Gasteiger partial charge in [0, 0.05) is 36.5 Å². The largest absolute Gasteiger partial charge is 0.399 e. The average Bonchev–Trinajstić information content (AvgIpc) is 2.37. The van der Waals surface area contributed by atoms with Crippen molar-refractivity contribution < 1.29 is 8.42 Å². The summed E-state index contributed by atoms with van der Waals surface area (Å²) in [5, 5.41) is -0.333. The maximum atomic E-state index is 11.8. The van der Waals surface area contributed by atoms with Gasteiger partial charge in [0.05, 0.1) is 0 Å². The van der Waals surface area contributed by atoms with E-state index < -0.39 is 9.84 Å². The van der Waals surface area contributed by atoms with Gasteiger partial charge in [-0.1, -0.05) is 12.1 Å². The maximum Gasteiger partial charge on any atom is 0.164 e. The number of rotatable bonds is 4. The smallest absolute Gasteiger partial charge is 0.164 e. The number of sulfone groups is 1. The van der Waals surface area contributed by atoms with Gasteiger partial charge < -0.3 is 5.73 Å². The number of nitrogens with zero attached hydrogens (tertiary/aromatic N) is 1. The van der Waals surface area contributed by atoms with Crippen LogP contribution in [-0.4, -0.2) is 49.5 Å². The molecule has 1 heterocycles. The monoisotopic (exact) mass is 300 g/mol. The molecular weight excluding hydrogens is 280 g/mol. The van der Waals surface area contributed by atoms with Gasteiger partial charge in [0.15, 0.2) is 9.84 Å². The van der Waals surface area contributed by atoms with Gasteiger partial charge in [-0.05, 0) is 24.1 Å². The lowest BCUT2D eigenvalue weighted by molar-refractivity contribution is 0.274. The molecule has 106 valence electrons. The van der Waals surface area contributed by atoms with Crippen LogP contribution in [0.3, 0.4) is 0 Å². The normalized spacial score (nSPS) is 21.4. The van der Waals surface area contributed by atoms with Crippen LogP contribution in [0, 0.1) is 0 Å². The lowest BCUT2D eigenvalue weighted by Crippen LogP contribution is -2.47. The summed E-state index contributed by atoms with van der Waals surface area (Å²) in [6, 6.07) is 7.78. The fourth-order valence-electron chi connectivity index (χ4n) is 2.22. The van der Waals surface area contributed by atoms with Crippen molar-refractivity contribution >= 4 is 27.3 Å². The minimum atomic E-state index is -3.00. The molecule has 1 saturated heterocycles. The van der Waals surface area contributed by atoms with Gasteiger partial charge in [-0.15, -0.1) is 0 Å². The van der Waals surface area contributed by atoms with Gasteiger partial charge in [0.25, 0.3) is 0 Å². The van der Waals surface area contributed by atoms with Gasteiger partial charge >= 0.3 is 0 Å². The van der Waals surface area contributed by atoms with Crippen LogP contribution in [-0.2, 0) is 16.3 Å². The Labute approximate surface area is 119 Å². The molecule has 1 aromatic rings. The topological polar surface area (TPSA) is 63.4 Å². The second-order valence-electron chi connectivity index (χ2n) is 4.89. The molecule has 0 aliphatic carbocycles. The molecule has 1 atom stereocenters. The highest BCUT2D eigenvalue weighted by Crippen LogP contribution is 2.20. The van der Waals surface area contributed by atoms with Gasteiger partial charge in [0.1, 0.15) is 5.37 Å². The molecular formula is C13H20N2O2S2. The first-order valence-corrected chi connectivity index (χ1v) is 9.43. The lowest BCUT2D eigenvalue weighted by atomic mass is 10.1. The molecule has 0 bridgehead atoms. The Kier molecular flexibility index (Phi) is 4.76. The van der Waals surface area contributed by atoms with E-state index in [1.807, 2.05) is 24.3 Å². The summed E-state index contributed by atoms with van der Waals surface area (Å²) in [4.78, 5) is 2.09. The Morgan fingerprint density at radius 2 is 2.05 bits per heavy atom. The van der Waals surface area contributed by atoms with Crippen molar-refractivity contribution in [3.8, 4) is 0 Å². The molecule has 1 aliphatic heterocycles. The van der Waals surface area contributed by atoms with Crippen LogP contribution in [0.25, 0.3) is 0 Å². The Morgan fingerprint density at radius 1 is 1.37 bits per heavy atom. The summed E-state index contributed by atoms with van der Waals surface area (Å²) in [5.41, 5.74) is 7.60. The number of nitrogen functional groups attached to an aromatic ring is 1. The molecule has 0 radical (unpaired) electrons. The van der Waals surface area contributed by atoms with Gasteiger partial charge in [-0.2, -0.15) is 11.8 Å². The highest BCUT2D eigenvalue weighted by Gasteiger charge is 2.30. The van der Waals surface area contributed by atoms with Crippen molar-refractivity contribution in [3.63, 3.8) is 0 Å². The van der Waals surface area contributed by atoms with E-state index in [4.69, 9.17) is 5.73 Å². The fraction of sp³-hybridized carbons (Fsp3) is 0.538. The Bertz CT molecular complexity index is 514. The fourth-order valence-corrected chi connectivity index (χ4v) is 5.20.